The maximum absolute atomic E-state index is 2.40. The summed E-state index contributed by atoms with van der Waals surface area (Å²) in [5.41, 5.74) is 2.61. The molecule has 0 aromatic heterocycles. The fraction of sp³-hybridized carbons (Fsp3) is 0. The molecule has 0 amide bonds. The number of benzene rings is 8. The van der Waals surface area contributed by atoms with Gasteiger partial charge < -0.3 is 0 Å². The summed E-state index contributed by atoms with van der Waals surface area (Å²) < 4.78 is 0. The topological polar surface area (TPSA) is 0 Å². The van der Waals surface area contributed by atoms with Gasteiger partial charge in [0.25, 0.3) is 0 Å². The molecule has 0 heteroatoms. The fourth-order valence-corrected chi connectivity index (χ4v) is 6.04. The van der Waals surface area contributed by atoms with Gasteiger partial charge in [-0.25, -0.2) is 0 Å². The van der Waals surface area contributed by atoms with Crippen LogP contribution in [0.4, 0.5) is 0 Å². The molecule has 0 saturated heterocycles. The van der Waals surface area contributed by atoms with Crippen LogP contribution in [0.2, 0.25) is 0 Å². The van der Waals surface area contributed by atoms with Crippen LogP contribution in [-0.2, 0) is 0 Å². The van der Waals surface area contributed by atoms with E-state index in [0.29, 0.717) is 0 Å². The lowest BCUT2D eigenvalue weighted by Gasteiger charge is -2.17. The first-order valence-corrected chi connectivity index (χ1v) is 11.9. The molecule has 34 heavy (non-hydrogen) atoms. The lowest BCUT2D eigenvalue weighted by Crippen LogP contribution is -1.89. The molecule has 156 valence electrons. The Labute approximate surface area is 197 Å². The molecule has 0 atom stereocenters. The molecule has 0 bridgehead atoms. The van der Waals surface area contributed by atoms with Gasteiger partial charge >= 0.3 is 0 Å². The molecule has 0 fully saturated rings. The smallest absolute Gasteiger partial charge is 0.00201 e. The lowest BCUT2D eigenvalue weighted by molar-refractivity contribution is 1.73. The highest BCUT2D eigenvalue weighted by molar-refractivity contribution is 6.26. The number of hydrogen-bond acceptors (Lipinski definition) is 0. The van der Waals surface area contributed by atoms with E-state index >= 15 is 0 Å². The van der Waals surface area contributed by atoms with Crippen LogP contribution >= 0.6 is 0 Å². The van der Waals surface area contributed by atoms with Gasteiger partial charge in [0.1, 0.15) is 0 Å². The van der Waals surface area contributed by atoms with Crippen LogP contribution < -0.4 is 0 Å². The zero-order chi connectivity index (χ0) is 22.2. The average Bonchev–Trinajstić information content (AvgIpc) is 2.90. The van der Waals surface area contributed by atoms with Gasteiger partial charge in [0, 0.05) is 0 Å². The standard InChI is InChI=1S/C34H20/c1-3-10-29-21(6-1)12-15-27-18-24-7-2-4-11-30(24)34(33(27)29)28-19-25-16-13-22-8-5-9-23-14-17-26(20-28)32(25)31(22)23/h1-20H. The summed E-state index contributed by atoms with van der Waals surface area (Å²) in [7, 11) is 0. The van der Waals surface area contributed by atoms with Crippen molar-refractivity contribution in [2.45, 2.75) is 0 Å². The van der Waals surface area contributed by atoms with E-state index in [1.165, 1.54) is 75.8 Å². The molecule has 8 aromatic rings. The Hall–Kier alpha value is -4.42. The van der Waals surface area contributed by atoms with Crippen LogP contribution in [-0.4, -0.2) is 0 Å². The van der Waals surface area contributed by atoms with Crippen LogP contribution in [0.15, 0.2) is 121 Å². The normalized spacial score (nSPS) is 12.1. The maximum atomic E-state index is 2.40. The van der Waals surface area contributed by atoms with Crippen LogP contribution in [0.5, 0.6) is 0 Å². The molecule has 8 aromatic carbocycles. The van der Waals surface area contributed by atoms with E-state index in [-0.39, 0.29) is 0 Å². The van der Waals surface area contributed by atoms with Gasteiger partial charge in [-0.1, -0.05) is 103 Å². The number of fused-ring (bicyclic) bond motifs is 4. The molecule has 0 aliphatic rings. The van der Waals surface area contributed by atoms with Gasteiger partial charge in [0.05, 0.1) is 0 Å². The minimum absolute atomic E-state index is 1.28. The largest absolute Gasteiger partial charge is 0.0616 e. The highest BCUT2D eigenvalue weighted by atomic mass is 14.2. The second kappa shape index (κ2) is 6.56. The third kappa shape index (κ3) is 2.37. The Morgan fingerprint density at radius 2 is 0.794 bits per heavy atom. The summed E-state index contributed by atoms with van der Waals surface area (Å²) in [4.78, 5) is 0. The molecule has 0 N–H and O–H groups in total. The lowest BCUT2D eigenvalue weighted by atomic mass is 9.86. The van der Waals surface area contributed by atoms with Crippen molar-refractivity contribution in [3.05, 3.63) is 121 Å². The van der Waals surface area contributed by atoms with Gasteiger partial charge in [-0.05, 0) is 94.0 Å². The van der Waals surface area contributed by atoms with Gasteiger partial charge in [0.2, 0.25) is 0 Å². The highest BCUT2D eigenvalue weighted by Gasteiger charge is 2.15. The van der Waals surface area contributed by atoms with Crippen molar-refractivity contribution in [2.75, 3.05) is 0 Å². The first kappa shape index (κ1) is 18.1. The Bertz CT molecular complexity index is 2000. The second-order valence-electron chi connectivity index (χ2n) is 9.37. The summed E-state index contributed by atoms with van der Waals surface area (Å²) in [5.74, 6) is 0. The molecule has 0 aliphatic carbocycles. The third-order valence-corrected chi connectivity index (χ3v) is 7.50. The van der Waals surface area contributed by atoms with Crippen molar-refractivity contribution >= 4 is 64.6 Å². The monoisotopic (exact) mass is 428 g/mol. The molecule has 0 nitrogen and oxygen atoms in total. The zero-order valence-corrected chi connectivity index (χ0v) is 18.5. The number of rotatable bonds is 1. The minimum atomic E-state index is 1.28. The predicted molar refractivity (Wildman–Crippen MR) is 148 cm³/mol. The second-order valence-corrected chi connectivity index (χ2v) is 9.37. The fourth-order valence-electron chi connectivity index (χ4n) is 6.04. The predicted octanol–water partition coefficient (Wildman–Crippen LogP) is 9.71. The SMILES string of the molecule is c1ccc2c(-c3cc4ccc5cccc6ccc(c3)c4c56)c3c(ccc4ccccc43)cc2c1. The highest BCUT2D eigenvalue weighted by Crippen LogP contribution is 2.43. The van der Waals surface area contributed by atoms with Gasteiger partial charge in [-0.3, -0.25) is 0 Å². The van der Waals surface area contributed by atoms with Crippen molar-refractivity contribution in [1.29, 1.82) is 0 Å². The molecule has 0 heterocycles. The summed E-state index contributed by atoms with van der Waals surface area (Å²) in [6, 6.07) is 44.9. The zero-order valence-electron chi connectivity index (χ0n) is 18.5. The van der Waals surface area contributed by atoms with E-state index in [2.05, 4.69) is 121 Å². The Morgan fingerprint density at radius 1 is 0.294 bits per heavy atom. The molecule has 0 radical (unpaired) electrons. The van der Waals surface area contributed by atoms with Crippen LogP contribution in [0.3, 0.4) is 0 Å². The van der Waals surface area contributed by atoms with E-state index in [1.54, 1.807) is 0 Å². The summed E-state index contributed by atoms with van der Waals surface area (Å²) in [6.45, 7) is 0. The van der Waals surface area contributed by atoms with E-state index in [1.807, 2.05) is 0 Å². The van der Waals surface area contributed by atoms with Crippen molar-refractivity contribution in [3.8, 4) is 11.1 Å². The molecular formula is C34H20. The molecule has 0 aliphatic heterocycles. The summed E-state index contributed by atoms with van der Waals surface area (Å²) in [5, 5.41) is 15.8. The van der Waals surface area contributed by atoms with Gasteiger partial charge in [-0.15, -0.1) is 0 Å². The Morgan fingerprint density at radius 3 is 1.53 bits per heavy atom. The van der Waals surface area contributed by atoms with Crippen LogP contribution in [0, 0.1) is 0 Å². The molecule has 0 unspecified atom stereocenters. The average molecular weight is 429 g/mol. The van der Waals surface area contributed by atoms with Gasteiger partial charge in [-0.2, -0.15) is 0 Å². The number of hydrogen-bond donors (Lipinski definition) is 0. The molecule has 8 rings (SSSR count). The van der Waals surface area contributed by atoms with Crippen LogP contribution in [0.25, 0.3) is 75.8 Å². The van der Waals surface area contributed by atoms with E-state index in [4.69, 9.17) is 0 Å². The molecule has 0 saturated carbocycles. The van der Waals surface area contributed by atoms with Crippen LogP contribution in [0.1, 0.15) is 0 Å². The molecular weight excluding hydrogens is 408 g/mol. The van der Waals surface area contributed by atoms with Gasteiger partial charge in [0.15, 0.2) is 0 Å². The van der Waals surface area contributed by atoms with Crippen molar-refractivity contribution in [3.63, 3.8) is 0 Å². The minimum Gasteiger partial charge on any atom is -0.0616 e. The summed E-state index contributed by atoms with van der Waals surface area (Å²) in [6.07, 6.45) is 0. The first-order chi connectivity index (χ1) is 16.8. The van der Waals surface area contributed by atoms with E-state index < -0.39 is 0 Å². The van der Waals surface area contributed by atoms with Crippen molar-refractivity contribution in [2.24, 2.45) is 0 Å². The first-order valence-electron chi connectivity index (χ1n) is 11.9. The summed E-state index contributed by atoms with van der Waals surface area (Å²) >= 11 is 0. The Balaban J connectivity index is 1.59. The maximum Gasteiger partial charge on any atom is -0.00201 e. The third-order valence-electron chi connectivity index (χ3n) is 7.50. The van der Waals surface area contributed by atoms with Crippen molar-refractivity contribution < 1.29 is 0 Å². The van der Waals surface area contributed by atoms with E-state index in [0.717, 1.165) is 0 Å². The quantitative estimate of drug-likeness (QED) is 0.180. The van der Waals surface area contributed by atoms with Crippen molar-refractivity contribution in [1.82, 2.24) is 0 Å². The molecule has 0 spiro atoms. The Kier molecular flexibility index (Phi) is 3.48. The van der Waals surface area contributed by atoms with E-state index in [9.17, 15) is 0 Å².